The first-order chi connectivity index (χ1) is 16.2. The van der Waals surface area contributed by atoms with Crippen LogP contribution >= 0.6 is 23.5 Å². The molecule has 0 spiro atoms. The molecule has 0 saturated carbocycles. The Hall–Kier alpha value is -3.10. The molecule has 0 saturated heterocycles. The average Bonchev–Trinajstić information content (AvgIpc) is 2.81. The lowest BCUT2D eigenvalue weighted by molar-refractivity contribution is -0.256. The van der Waals surface area contributed by atoms with E-state index >= 15 is 0 Å². The van der Waals surface area contributed by atoms with Gasteiger partial charge in [-0.15, -0.1) is 23.5 Å². The summed E-state index contributed by atoms with van der Waals surface area (Å²) in [5.41, 5.74) is 14.3. The summed E-state index contributed by atoms with van der Waals surface area (Å²) in [4.78, 5) is 25.8. The summed E-state index contributed by atoms with van der Waals surface area (Å²) in [6, 6.07) is 17.4. The van der Waals surface area contributed by atoms with E-state index in [4.69, 9.17) is 11.5 Å². The molecule has 8 heteroatoms. The van der Waals surface area contributed by atoms with E-state index in [1.54, 1.807) is 12.1 Å². The third-order valence-electron chi connectivity index (χ3n) is 5.53. The second-order valence-electron chi connectivity index (χ2n) is 8.06. The zero-order chi connectivity index (χ0) is 24.8. The normalized spacial score (nSPS) is 12.8. The number of hydrogen-bond acceptors (Lipinski definition) is 8. The number of aromatic carboxylic acids is 2. The zero-order valence-corrected chi connectivity index (χ0v) is 20.6. The number of para-hydroxylation sites is 2. The number of carbonyl (C=O) groups is 2. The summed E-state index contributed by atoms with van der Waals surface area (Å²) in [5, 5.41) is 24.0. The van der Waals surface area contributed by atoms with Crippen molar-refractivity contribution in [3.63, 3.8) is 0 Å². The van der Waals surface area contributed by atoms with Gasteiger partial charge in [-0.3, -0.25) is 0 Å². The first-order valence-corrected chi connectivity index (χ1v) is 12.7. The van der Waals surface area contributed by atoms with E-state index in [1.807, 2.05) is 50.2 Å². The Morgan fingerprint density at radius 2 is 1.06 bits per heavy atom. The van der Waals surface area contributed by atoms with Crippen molar-refractivity contribution in [3.8, 4) is 0 Å². The van der Waals surface area contributed by atoms with Crippen LogP contribution in [-0.4, -0.2) is 23.4 Å². The highest BCUT2D eigenvalue weighted by Crippen LogP contribution is 2.39. The highest BCUT2D eigenvalue weighted by atomic mass is 32.2. The second-order valence-corrected chi connectivity index (χ2v) is 10.2. The number of nitrogen functional groups attached to an aromatic ring is 2. The van der Waals surface area contributed by atoms with Gasteiger partial charge in [-0.25, -0.2) is 0 Å². The Bertz CT molecular complexity index is 1110. The summed E-state index contributed by atoms with van der Waals surface area (Å²) in [7, 11) is 0. The number of nitrogens with two attached hydrogens (primary N) is 2. The molecular weight excluding hydrogens is 468 g/mol. The average molecular weight is 495 g/mol. The number of carbonyl (C=O) groups excluding carboxylic acids is 2. The standard InChI is InChI=1S/C26H28N2O4S2/c1-15(13-33-21-9-5-3-7-19(21)27)23-17(25(29)30)11-12-18(26(31)32)24(23)16(2)14-34-22-10-6-4-8-20(22)28/h3-12,15-16H,13-14,27-28H2,1-2H3,(H,29,30)(H,31,32)/p-2. The predicted molar refractivity (Wildman–Crippen MR) is 135 cm³/mol. The number of benzene rings is 3. The summed E-state index contributed by atoms with van der Waals surface area (Å²) >= 11 is 2.99. The topological polar surface area (TPSA) is 132 Å². The molecule has 0 bridgehead atoms. The first kappa shape index (κ1) is 25.5. The molecular formula is C26H26N2O4S2-2. The summed E-state index contributed by atoms with van der Waals surface area (Å²) in [6.07, 6.45) is 0. The van der Waals surface area contributed by atoms with E-state index in [2.05, 4.69) is 0 Å². The molecule has 0 aromatic heterocycles. The summed E-state index contributed by atoms with van der Waals surface area (Å²) in [5.74, 6) is -2.26. The molecule has 4 N–H and O–H groups in total. The quantitative estimate of drug-likeness (QED) is 0.324. The van der Waals surface area contributed by atoms with Crippen molar-refractivity contribution in [3.05, 3.63) is 82.9 Å². The molecule has 0 heterocycles. The van der Waals surface area contributed by atoms with Crippen LogP contribution in [0.25, 0.3) is 0 Å². The molecule has 34 heavy (non-hydrogen) atoms. The van der Waals surface area contributed by atoms with Crippen LogP contribution in [0.1, 0.15) is 57.5 Å². The minimum Gasteiger partial charge on any atom is -0.545 e. The van der Waals surface area contributed by atoms with E-state index in [0.717, 1.165) is 9.79 Å². The highest BCUT2D eigenvalue weighted by Gasteiger charge is 2.24. The molecule has 0 aliphatic carbocycles. The van der Waals surface area contributed by atoms with Gasteiger partial charge in [-0.1, -0.05) is 50.2 Å². The van der Waals surface area contributed by atoms with Crippen molar-refractivity contribution < 1.29 is 19.8 Å². The monoisotopic (exact) mass is 494 g/mol. The lowest BCUT2D eigenvalue weighted by Crippen LogP contribution is -2.29. The van der Waals surface area contributed by atoms with Crippen molar-refractivity contribution >= 4 is 46.8 Å². The van der Waals surface area contributed by atoms with E-state index in [-0.39, 0.29) is 23.0 Å². The fraction of sp³-hybridized carbons (Fsp3) is 0.231. The van der Waals surface area contributed by atoms with Crippen molar-refractivity contribution in [2.75, 3.05) is 23.0 Å². The Morgan fingerprint density at radius 3 is 1.38 bits per heavy atom. The van der Waals surface area contributed by atoms with Gasteiger partial charge in [0.2, 0.25) is 0 Å². The van der Waals surface area contributed by atoms with Gasteiger partial charge in [0.05, 0.1) is 11.9 Å². The molecule has 3 aromatic carbocycles. The Balaban J connectivity index is 1.99. The third-order valence-corrected chi connectivity index (χ3v) is 8.23. The lowest BCUT2D eigenvalue weighted by Gasteiger charge is -2.28. The minimum absolute atomic E-state index is 0.00907. The van der Waals surface area contributed by atoms with E-state index in [0.29, 0.717) is 34.0 Å². The van der Waals surface area contributed by atoms with E-state index < -0.39 is 11.9 Å². The van der Waals surface area contributed by atoms with Gasteiger partial charge in [-0.2, -0.15) is 0 Å². The van der Waals surface area contributed by atoms with Crippen molar-refractivity contribution in [1.29, 1.82) is 0 Å². The lowest BCUT2D eigenvalue weighted by atomic mass is 9.83. The fourth-order valence-electron chi connectivity index (χ4n) is 3.87. The number of carboxylic acids is 2. The molecule has 3 rings (SSSR count). The minimum atomic E-state index is -1.34. The Labute approximate surface area is 207 Å². The van der Waals surface area contributed by atoms with Crippen LogP contribution in [0.3, 0.4) is 0 Å². The SMILES string of the molecule is CC(CSc1ccccc1N)c1c(C(=O)[O-])ccc(C(=O)[O-])c1C(C)CSc1ccccc1N. The number of rotatable bonds is 10. The van der Waals surface area contributed by atoms with Crippen LogP contribution < -0.4 is 21.7 Å². The van der Waals surface area contributed by atoms with Gasteiger partial charge in [0, 0.05) is 43.8 Å². The van der Waals surface area contributed by atoms with Gasteiger partial charge in [0.1, 0.15) is 0 Å². The van der Waals surface area contributed by atoms with Crippen LogP contribution in [0, 0.1) is 0 Å². The van der Waals surface area contributed by atoms with Crippen LogP contribution in [-0.2, 0) is 0 Å². The van der Waals surface area contributed by atoms with Gasteiger partial charge < -0.3 is 31.3 Å². The van der Waals surface area contributed by atoms with Crippen molar-refractivity contribution in [2.45, 2.75) is 35.5 Å². The number of carboxylic acid groups (broad SMARTS) is 2. The maximum Gasteiger partial charge on any atom is 0.0718 e. The molecule has 6 nitrogen and oxygen atoms in total. The van der Waals surface area contributed by atoms with Gasteiger partial charge in [0.25, 0.3) is 0 Å². The van der Waals surface area contributed by atoms with Crippen molar-refractivity contribution in [1.82, 2.24) is 0 Å². The largest absolute Gasteiger partial charge is 0.545 e. The maximum absolute atomic E-state index is 12.0. The molecule has 0 aliphatic rings. The Kier molecular flexibility index (Phi) is 8.52. The van der Waals surface area contributed by atoms with Crippen molar-refractivity contribution in [2.24, 2.45) is 0 Å². The molecule has 178 valence electrons. The molecule has 0 aliphatic heterocycles. The third kappa shape index (κ3) is 5.87. The predicted octanol–water partition coefficient (Wildman–Crippen LogP) is 3.37. The van der Waals surface area contributed by atoms with Crippen LogP contribution in [0.2, 0.25) is 0 Å². The number of anilines is 2. The number of thioether (sulfide) groups is 2. The smallest absolute Gasteiger partial charge is 0.0718 e. The van der Waals surface area contributed by atoms with Gasteiger partial charge in [-0.05, 0) is 47.2 Å². The molecule has 3 aromatic rings. The van der Waals surface area contributed by atoms with Gasteiger partial charge in [0.15, 0.2) is 0 Å². The summed E-state index contributed by atoms with van der Waals surface area (Å²) in [6.45, 7) is 3.76. The molecule has 2 atom stereocenters. The van der Waals surface area contributed by atoms with Gasteiger partial charge >= 0.3 is 0 Å². The van der Waals surface area contributed by atoms with Crippen LogP contribution in [0.4, 0.5) is 11.4 Å². The second kappa shape index (κ2) is 11.4. The number of hydrogen-bond donors (Lipinski definition) is 2. The zero-order valence-electron chi connectivity index (χ0n) is 18.9. The molecule has 0 amide bonds. The van der Waals surface area contributed by atoms with Crippen LogP contribution in [0.15, 0.2) is 70.5 Å². The molecule has 0 radical (unpaired) electrons. The van der Waals surface area contributed by atoms with E-state index in [1.165, 1.54) is 35.7 Å². The molecule has 0 fully saturated rings. The first-order valence-electron chi connectivity index (χ1n) is 10.7. The van der Waals surface area contributed by atoms with Crippen LogP contribution in [0.5, 0.6) is 0 Å². The summed E-state index contributed by atoms with van der Waals surface area (Å²) < 4.78 is 0. The fourth-order valence-corrected chi connectivity index (χ4v) is 5.89. The Morgan fingerprint density at radius 1 is 0.706 bits per heavy atom. The maximum atomic E-state index is 12.0. The molecule has 2 unspecified atom stereocenters. The highest BCUT2D eigenvalue weighted by molar-refractivity contribution is 7.99. The van der Waals surface area contributed by atoms with E-state index in [9.17, 15) is 19.8 Å².